The standard InChI is InChI=1S/C47H62N4O8/c52-39(20-18-34-11-4-3-5-12-34)21-22-42-41(44(53)29-45(42)54)16-6-1-2-7-17-46(55)57-25-10-26-58-47(56)33-59-40-15-8-13-35(27-40)31-51-24-9-14-38(32-51)49-37-19-23-43-36(28-37)30-48-50-43/h1,3-6,8,11-13,15,19,23,27-28,30,38-39,41-42,44-45,49,52-54H,2,7,9-10,14,16-18,20-22,24-26,29,31-33H2,(H,48,50). The number of rotatable bonds is 23. The second-order valence-corrected chi connectivity index (χ2v) is 16.2. The Kier molecular flexibility index (Phi) is 17.2. The number of aliphatic hydroxyl groups excluding tert-OH is 3. The summed E-state index contributed by atoms with van der Waals surface area (Å²) in [6.45, 7) is 2.84. The smallest absolute Gasteiger partial charge is 0.344 e. The highest BCUT2D eigenvalue weighted by molar-refractivity contribution is 5.81. The van der Waals surface area contributed by atoms with Gasteiger partial charge >= 0.3 is 11.9 Å². The van der Waals surface area contributed by atoms with Crippen LogP contribution < -0.4 is 10.1 Å². The maximum absolute atomic E-state index is 12.3. The summed E-state index contributed by atoms with van der Waals surface area (Å²) in [6, 6.07) is 24.5. The first-order valence-corrected chi connectivity index (χ1v) is 21.5. The summed E-state index contributed by atoms with van der Waals surface area (Å²) in [5.74, 6) is -0.262. The topological polar surface area (TPSA) is 166 Å². The SMILES string of the molecule is O=C(CCCC=CCC1C(O)CC(O)C1CCC(O)CCc1ccccc1)OCCCOC(=O)COc1cccc(CN2CCCC(Nc3ccc4[nH]ncc4c3)C2)c1. The van der Waals surface area contributed by atoms with Gasteiger partial charge in [0.1, 0.15) is 5.75 Å². The zero-order valence-corrected chi connectivity index (χ0v) is 34.1. The van der Waals surface area contributed by atoms with Gasteiger partial charge in [-0.3, -0.25) is 14.8 Å². The molecule has 1 saturated carbocycles. The zero-order chi connectivity index (χ0) is 41.2. The Labute approximate surface area is 347 Å². The number of benzene rings is 3. The molecule has 1 aromatic heterocycles. The third kappa shape index (κ3) is 14.5. The number of aryl methyl sites for hydroxylation is 1. The molecule has 1 saturated heterocycles. The van der Waals surface area contributed by atoms with Crippen LogP contribution in [0.4, 0.5) is 5.69 Å². The quantitative estimate of drug-likeness (QED) is 0.0306. The van der Waals surface area contributed by atoms with Gasteiger partial charge in [0, 0.05) is 43.0 Å². The summed E-state index contributed by atoms with van der Waals surface area (Å²) in [5, 5.41) is 43.6. The van der Waals surface area contributed by atoms with E-state index >= 15 is 0 Å². The number of hydrogen-bond acceptors (Lipinski definition) is 11. The molecule has 5 N–H and O–H groups in total. The molecule has 318 valence electrons. The van der Waals surface area contributed by atoms with Gasteiger partial charge in [0.15, 0.2) is 6.61 Å². The van der Waals surface area contributed by atoms with E-state index in [-0.39, 0.29) is 44.0 Å². The van der Waals surface area contributed by atoms with Crippen molar-refractivity contribution in [1.82, 2.24) is 15.1 Å². The number of nitrogens with one attached hydrogen (secondary N) is 2. The van der Waals surface area contributed by atoms with Crippen LogP contribution in [0.15, 0.2) is 91.1 Å². The first-order valence-electron chi connectivity index (χ1n) is 21.5. The molecular weight excluding hydrogens is 749 g/mol. The molecule has 0 spiro atoms. The Hall–Kier alpha value is -4.75. The fourth-order valence-electron chi connectivity index (χ4n) is 8.41. The van der Waals surface area contributed by atoms with Crippen LogP contribution >= 0.6 is 0 Å². The number of ether oxygens (including phenoxy) is 3. The van der Waals surface area contributed by atoms with E-state index in [1.165, 1.54) is 5.56 Å². The molecule has 1 aliphatic carbocycles. The number of unbranched alkanes of at least 4 members (excludes halogenated alkanes) is 1. The van der Waals surface area contributed by atoms with Gasteiger partial charge in [0.25, 0.3) is 0 Å². The summed E-state index contributed by atoms with van der Waals surface area (Å²) >= 11 is 0. The third-order valence-corrected chi connectivity index (χ3v) is 11.6. The molecule has 1 aliphatic heterocycles. The number of carbonyl (C=O) groups excluding carboxylic acids is 2. The maximum Gasteiger partial charge on any atom is 0.344 e. The predicted octanol–water partition coefficient (Wildman–Crippen LogP) is 6.74. The molecule has 0 amide bonds. The van der Waals surface area contributed by atoms with Crippen LogP contribution in [0.5, 0.6) is 5.75 Å². The lowest BCUT2D eigenvalue weighted by Gasteiger charge is -2.33. The Bertz CT molecular complexity index is 1900. The lowest BCUT2D eigenvalue weighted by Crippen LogP contribution is -2.41. The van der Waals surface area contributed by atoms with E-state index in [1.807, 2.05) is 60.8 Å². The number of allylic oxidation sites excluding steroid dienone is 2. The van der Waals surface area contributed by atoms with E-state index in [0.717, 1.165) is 61.1 Å². The van der Waals surface area contributed by atoms with Gasteiger partial charge in [-0.05, 0) is 124 Å². The van der Waals surface area contributed by atoms with E-state index in [1.54, 1.807) is 0 Å². The second kappa shape index (κ2) is 23.1. The van der Waals surface area contributed by atoms with Gasteiger partial charge in [-0.15, -0.1) is 0 Å². The number of aromatic amines is 1. The highest BCUT2D eigenvalue weighted by Crippen LogP contribution is 2.38. The maximum atomic E-state index is 12.3. The molecule has 12 nitrogen and oxygen atoms in total. The summed E-state index contributed by atoms with van der Waals surface area (Å²) < 4.78 is 16.3. The largest absolute Gasteiger partial charge is 0.482 e. The number of anilines is 1. The van der Waals surface area contributed by atoms with Gasteiger partial charge in [-0.2, -0.15) is 5.10 Å². The Morgan fingerprint density at radius 1 is 0.915 bits per heavy atom. The molecule has 0 radical (unpaired) electrons. The van der Waals surface area contributed by atoms with E-state index in [0.29, 0.717) is 63.2 Å². The second-order valence-electron chi connectivity index (χ2n) is 16.2. The first-order chi connectivity index (χ1) is 28.8. The average molecular weight is 811 g/mol. The Morgan fingerprint density at radius 3 is 2.59 bits per heavy atom. The van der Waals surface area contributed by atoms with Gasteiger partial charge < -0.3 is 34.8 Å². The van der Waals surface area contributed by atoms with Gasteiger partial charge in [0.2, 0.25) is 0 Å². The molecule has 2 heterocycles. The van der Waals surface area contributed by atoms with Crippen LogP contribution in [0.2, 0.25) is 0 Å². The van der Waals surface area contributed by atoms with Crippen molar-refractivity contribution in [1.29, 1.82) is 0 Å². The molecule has 12 heteroatoms. The Morgan fingerprint density at radius 2 is 1.73 bits per heavy atom. The van der Waals surface area contributed by atoms with E-state index in [4.69, 9.17) is 14.2 Å². The molecule has 6 unspecified atom stereocenters. The molecule has 2 aliphatic rings. The highest BCUT2D eigenvalue weighted by Gasteiger charge is 2.40. The minimum Gasteiger partial charge on any atom is -0.482 e. The van der Waals surface area contributed by atoms with Crippen LogP contribution in [0.3, 0.4) is 0 Å². The number of H-pyrrole nitrogens is 1. The van der Waals surface area contributed by atoms with Crippen molar-refractivity contribution in [2.45, 2.75) is 108 Å². The number of hydrogen-bond donors (Lipinski definition) is 5. The van der Waals surface area contributed by atoms with Crippen LogP contribution in [0, 0.1) is 11.8 Å². The van der Waals surface area contributed by atoms with Crippen LogP contribution in [0.1, 0.15) is 81.8 Å². The van der Waals surface area contributed by atoms with Crippen LogP contribution in [-0.2, 0) is 32.0 Å². The fourth-order valence-corrected chi connectivity index (χ4v) is 8.41. The molecular formula is C47H62N4O8. The number of aromatic nitrogens is 2. The minimum atomic E-state index is -0.566. The highest BCUT2D eigenvalue weighted by atomic mass is 16.6. The molecule has 3 aromatic carbocycles. The van der Waals surface area contributed by atoms with Gasteiger partial charge in [-0.1, -0.05) is 54.6 Å². The summed E-state index contributed by atoms with van der Waals surface area (Å²) in [6.07, 6.45) is 12.3. The molecule has 6 rings (SSSR count). The van der Waals surface area contributed by atoms with E-state index in [9.17, 15) is 24.9 Å². The zero-order valence-electron chi connectivity index (χ0n) is 34.1. The van der Waals surface area contributed by atoms with Crippen molar-refractivity contribution in [3.05, 3.63) is 102 Å². The van der Waals surface area contributed by atoms with Gasteiger partial charge in [0.05, 0.1) is 43.2 Å². The van der Waals surface area contributed by atoms with Crippen LogP contribution in [0.25, 0.3) is 10.9 Å². The van der Waals surface area contributed by atoms with Crippen molar-refractivity contribution >= 4 is 28.5 Å². The first kappa shape index (κ1) is 43.8. The molecule has 6 atom stereocenters. The van der Waals surface area contributed by atoms with Crippen molar-refractivity contribution in [3.63, 3.8) is 0 Å². The molecule has 2 fully saturated rings. The van der Waals surface area contributed by atoms with Crippen molar-refractivity contribution < 1.29 is 39.1 Å². The fraction of sp³-hybridized carbons (Fsp3) is 0.511. The average Bonchev–Trinajstić information content (AvgIpc) is 3.82. The normalized spacial score (nSPS) is 21.4. The number of carbonyl (C=O) groups is 2. The van der Waals surface area contributed by atoms with E-state index in [2.05, 4.69) is 50.7 Å². The monoisotopic (exact) mass is 810 g/mol. The number of fused-ring (bicyclic) bond motifs is 1. The lowest BCUT2D eigenvalue weighted by molar-refractivity contribution is -0.147. The number of esters is 2. The predicted molar refractivity (Wildman–Crippen MR) is 228 cm³/mol. The van der Waals surface area contributed by atoms with Crippen molar-refractivity contribution in [2.75, 3.05) is 38.2 Å². The van der Waals surface area contributed by atoms with Crippen molar-refractivity contribution in [3.8, 4) is 5.75 Å². The summed E-state index contributed by atoms with van der Waals surface area (Å²) in [7, 11) is 0. The van der Waals surface area contributed by atoms with E-state index < -0.39 is 24.3 Å². The molecule has 0 bridgehead atoms. The lowest BCUT2D eigenvalue weighted by atomic mass is 9.85. The number of nitrogens with zero attached hydrogens (tertiary/aromatic N) is 2. The number of likely N-dealkylation sites (tertiary alicyclic amines) is 1. The van der Waals surface area contributed by atoms with Crippen LogP contribution in [-0.4, -0.2) is 99.6 Å². The number of aliphatic hydroxyl groups is 3. The summed E-state index contributed by atoms with van der Waals surface area (Å²) in [5.41, 5.74) is 4.44. The van der Waals surface area contributed by atoms with Crippen molar-refractivity contribution in [2.24, 2.45) is 11.8 Å². The molecule has 59 heavy (non-hydrogen) atoms. The number of piperidine rings is 1. The Balaban J connectivity index is 0.783. The molecule has 4 aromatic rings. The summed E-state index contributed by atoms with van der Waals surface area (Å²) in [4.78, 5) is 27.0. The minimum absolute atomic E-state index is 0.0520. The third-order valence-electron chi connectivity index (χ3n) is 11.6. The van der Waals surface area contributed by atoms with Gasteiger partial charge in [-0.25, -0.2) is 4.79 Å².